The van der Waals surface area contributed by atoms with Crippen LogP contribution in [0.2, 0.25) is 0 Å². The largest absolute Gasteiger partial charge is 0.481 e. The molecule has 7 nitrogen and oxygen atoms in total. The smallest absolute Gasteiger partial charge is 0.309 e. The molecule has 1 unspecified atom stereocenters. The number of methoxy groups -OCH3 is 1. The van der Waals surface area contributed by atoms with Crippen LogP contribution >= 0.6 is 0 Å². The second-order valence-corrected chi connectivity index (χ2v) is 21.1. The van der Waals surface area contributed by atoms with E-state index in [2.05, 4.69) is 58.9 Å². The van der Waals surface area contributed by atoms with Crippen molar-refractivity contribution in [1.29, 1.82) is 0 Å². The predicted molar refractivity (Wildman–Crippen MR) is 216 cm³/mol. The molecule has 0 amide bonds. The first-order valence-corrected chi connectivity index (χ1v) is 22.5. The molecule has 7 heteroatoms. The van der Waals surface area contributed by atoms with E-state index in [9.17, 15) is 25.2 Å². The molecule has 0 aromatic heterocycles. The minimum atomic E-state index is -1.43. The molecule has 1 aromatic rings. The third-order valence-corrected chi connectivity index (χ3v) is 19.1. The Balaban J connectivity index is 1.34. The molecular formula is C48H76O7. The first kappa shape index (κ1) is 41.6. The van der Waals surface area contributed by atoms with Crippen LogP contribution in [0.3, 0.4) is 0 Å². The van der Waals surface area contributed by atoms with Gasteiger partial charge in [0.05, 0.1) is 30.8 Å². The number of aliphatic hydroxyl groups is 3. The van der Waals surface area contributed by atoms with E-state index in [1.165, 1.54) is 31.2 Å². The monoisotopic (exact) mass is 765 g/mol. The average Bonchev–Trinajstić information content (AvgIpc) is 3.31. The highest BCUT2D eigenvalue weighted by molar-refractivity contribution is 5.74. The van der Waals surface area contributed by atoms with Crippen LogP contribution in [0.15, 0.2) is 24.3 Å². The quantitative estimate of drug-likeness (QED) is 0.140. The molecule has 0 radical (unpaired) electrons. The third kappa shape index (κ3) is 5.75. The van der Waals surface area contributed by atoms with Crippen LogP contribution in [-0.2, 0) is 27.1 Å². The summed E-state index contributed by atoms with van der Waals surface area (Å²) in [6.45, 7) is 14.6. The zero-order valence-corrected chi connectivity index (χ0v) is 35.6. The summed E-state index contributed by atoms with van der Waals surface area (Å²) in [5.74, 6) is -1.67. The lowest BCUT2D eigenvalue weighted by molar-refractivity contribution is -0.339. The van der Waals surface area contributed by atoms with Crippen molar-refractivity contribution in [2.24, 2.45) is 55.7 Å². The maximum absolute atomic E-state index is 13.0. The molecule has 13 atom stereocenters. The van der Waals surface area contributed by atoms with Crippen molar-refractivity contribution in [3.8, 4) is 0 Å². The van der Waals surface area contributed by atoms with Gasteiger partial charge < -0.3 is 29.9 Å². The topological polar surface area (TPSA) is 116 Å². The molecule has 2 bridgehead atoms. The minimum absolute atomic E-state index is 0.00445. The Kier molecular flexibility index (Phi) is 11.1. The highest BCUT2D eigenvalue weighted by Crippen LogP contribution is 2.84. The highest BCUT2D eigenvalue weighted by Gasteiger charge is 2.84. The zero-order valence-electron chi connectivity index (χ0n) is 35.6. The SMILES string of the molecule is CCCCCC[C@@]12CC[C@@]3(C)[C@H](CC[C@@]45[C@H](Cc6ccc(CCOC)cc6)O[C@@](O)(C[C@H](O)[C@]43CO)[C@@H]5CCC)[C@@]1(C)CC[C@]1(C)CC[C@@](C)(C(=O)O)CC12. The van der Waals surface area contributed by atoms with Crippen LogP contribution in [0.5, 0.6) is 0 Å². The number of carbonyl (C=O) groups is 1. The lowest BCUT2D eigenvalue weighted by atomic mass is 9.25. The standard InChI is InChI=1S/C48H76O7/c1-8-10-11-12-20-45-27-26-44(6)35(43(45,5)25-24-41(3)22-23-42(4,40(51)52)30-37(41)45)18-21-46-36(13-9-2)48(53,31-38(50)47(44,46)32-49)55-39(46)29-34-16-14-33(15-17-34)19-28-54-7/h14-17,35-39,49-50,53H,8-13,18-32H2,1-7H3,(H,51,52)/t35-,36-,37?,38+,39+,41+,42-,43-,44+,45+,46-,47+,48+/m1/s1. The number of aliphatic carboxylic acids is 1. The summed E-state index contributed by atoms with van der Waals surface area (Å²) < 4.78 is 12.3. The van der Waals surface area contributed by atoms with Gasteiger partial charge in [-0.15, -0.1) is 0 Å². The molecule has 5 aliphatic carbocycles. The molecule has 1 spiro atoms. The van der Waals surface area contributed by atoms with Gasteiger partial charge >= 0.3 is 5.97 Å². The fourth-order valence-electron chi connectivity index (χ4n) is 16.2. The maximum atomic E-state index is 13.0. The predicted octanol–water partition coefficient (Wildman–Crippen LogP) is 9.52. The van der Waals surface area contributed by atoms with E-state index >= 15 is 0 Å². The number of rotatable bonds is 14. The Bertz CT molecular complexity index is 1550. The molecule has 1 aliphatic heterocycles. The Hall–Kier alpha value is -1.51. The van der Waals surface area contributed by atoms with Crippen molar-refractivity contribution in [3.05, 3.63) is 35.4 Å². The lowest BCUT2D eigenvalue weighted by Crippen LogP contribution is -2.77. The van der Waals surface area contributed by atoms with Gasteiger partial charge in [-0.25, -0.2) is 0 Å². The molecule has 6 fully saturated rings. The summed E-state index contributed by atoms with van der Waals surface area (Å²) in [5.41, 5.74) is -0.135. The highest BCUT2D eigenvalue weighted by atomic mass is 16.6. The van der Waals surface area contributed by atoms with Crippen molar-refractivity contribution in [2.75, 3.05) is 20.3 Å². The van der Waals surface area contributed by atoms with Crippen molar-refractivity contribution in [2.45, 2.75) is 182 Å². The molecule has 1 heterocycles. The van der Waals surface area contributed by atoms with Crippen molar-refractivity contribution >= 4 is 5.97 Å². The molecule has 6 aliphatic rings. The fraction of sp³-hybridized carbons (Fsp3) is 0.854. The van der Waals surface area contributed by atoms with Crippen LogP contribution in [0.25, 0.3) is 0 Å². The number of benzene rings is 1. The normalized spacial score (nSPS) is 47.3. The second kappa shape index (κ2) is 14.6. The van der Waals surface area contributed by atoms with E-state index in [-0.39, 0.29) is 47.2 Å². The van der Waals surface area contributed by atoms with Crippen LogP contribution < -0.4 is 0 Å². The van der Waals surface area contributed by atoms with Gasteiger partial charge in [-0.05, 0) is 135 Å². The van der Waals surface area contributed by atoms with Crippen LogP contribution in [-0.4, -0.2) is 64.7 Å². The zero-order chi connectivity index (χ0) is 39.7. The van der Waals surface area contributed by atoms with Crippen LogP contribution in [0, 0.1) is 55.7 Å². The van der Waals surface area contributed by atoms with Gasteiger partial charge in [0.1, 0.15) is 0 Å². The number of hydrogen-bond acceptors (Lipinski definition) is 6. The number of carboxylic acid groups (broad SMARTS) is 1. The number of unbranched alkanes of at least 4 members (excludes halogenated alkanes) is 3. The van der Waals surface area contributed by atoms with Crippen molar-refractivity contribution in [3.63, 3.8) is 0 Å². The summed E-state index contributed by atoms with van der Waals surface area (Å²) in [6.07, 6.45) is 16.4. The second-order valence-electron chi connectivity index (χ2n) is 21.1. The molecule has 5 saturated carbocycles. The van der Waals surface area contributed by atoms with E-state index in [1.54, 1.807) is 7.11 Å². The van der Waals surface area contributed by atoms with Gasteiger partial charge in [0, 0.05) is 30.3 Å². The van der Waals surface area contributed by atoms with Crippen molar-refractivity contribution < 1.29 is 34.7 Å². The summed E-state index contributed by atoms with van der Waals surface area (Å²) in [7, 11) is 1.73. The molecule has 1 saturated heterocycles. The molecular weight excluding hydrogens is 689 g/mol. The lowest BCUT2D eigenvalue weighted by Gasteiger charge is -2.78. The maximum Gasteiger partial charge on any atom is 0.309 e. The van der Waals surface area contributed by atoms with E-state index in [0.717, 1.165) is 89.0 Å². The molecule has 1 aromatic carbocycles. The fourth-order valence-corrected chi connectivity index (χ4v) is 16.2. The third-order valence-electron chi connectivity index (χ3n) is 19.1. The number of fused-ring (bicyclic) bond motifs is 7. The summed E-state index contributed by atoms with van der Waals surface area (Å²) in [4.78, 5) is 13.0. The van der Waals surface area contributed by atoms with E-state index < -0.39 is 39.5 Å². The van der Waals surface area contributed by atoms with Gasteiger partial charge in [0.25, 0.3) is 0 Å². The molecule has 4 N–H and O–H groups in total. The summed E-state index contributed by atoms with van der Waals surface area (Å²) in [5, 5.41) is 48.3. The Morgan fingerprint density at radius 3 is 2.20 bits per heavy atom. The van der Waals surface area contributed by atoms with Gasteiger partial charge in [0.2, 0.25) is 0 Å². The minimum Gasteiger partial charge on any atom is -0.481 e. The van der Waals surface area contributed by atoms with E-state index in [0.29, 0.717) is 18.9 Å². The average molecular weight is 765 g/mol. The van der Waals surface area contributed by atoms with Gasteiger partial charge in [-0.2, -0.15) is 0 Å². The first-order valence-electron chi connectivity index (χ1n) is 22.5. The number of aliphatic hydroxyl groups excluding tert-OH is 2. The Morgan fingerprint density at radius 2 is 1.55 bits per heavy atom. The number of carboxylic acids is 1. The summed E-state index contributed by atoms with van der Waals surface area (Å²) in [6, 6.07) is 8.74. The van der Waals surface area contributed by atoms with Gasteiger partial charge in [-0.1, -0.05) is 91.0 Å². The van der Waals surface area contributed by atoms with Crippen molar-refractivity contribution in [1.82, 2.24) is 0 Å². The van der Waals surface area contributed by atoms with Crippen LogP contribution in [0.4, 0.5) is 0 Å². The van der Waals surface area contributed by atoms with Crippen LogP contribution in [0.1, 0.15) is 162 Å². The van der Waals surface area contributed by atoms with Gasteiger partial charge in [-0.3, -0.25) is 4.79 Å². The molecule has 310 valence electrons. The molecule has 55 heavy (non-hydrogen) atoms. The van der Waals surface area contributed by atoms with Gasteiger partial charge in [0.15, 0.2) is 5.79 Å². The molecule has 7 rings (SSSR count). The summed E-state index contributed by atoms with van der Waals surface area (Å²) >= 11 is 0. The number of hydrogen-bond donors (Lipinski definition) is 4. The van der Waals surface area contributed by atoms with E-state index in [4.69, 9.17) is 9.47 Å². The Morgan fingerprint density at radius 1 is 0.855 bits per heavy atom. The van der Waals surface area contributed by atoms with E-state index in [1.807, 2.05) is 6.92 Å². The Labute approximate surface area is 332 Å². The first-order chi connectivity index (χ1) is 26.1. The number of ether oxygens (including phenoxy) is 2.